The van der Waals surface area contributed by atoms with Crippen molar-refractivity contribution in [2.24, 2.45) is 0 Å². The summed E-state index contributed by atoms with van der Waals surface area (Å²) >= 11 is 0. The van der Waals surface area contributed by atoms with E-state index in [2.05, 4.69) is 25.1 Å². The van der Waals surface area contributed by atoms with E-state index in [1.165, 1.54) is 5.57 Å². The average molecular weight is 179 g/mol. The number of nitrogens with one attached hydrogen (secondary N) is 1. The molecule has 0 bridgehead atoms. The summed E-state index contributed by atoms with van der Waals surface area (Å²) in [5, 5.41) is 0. The highest BCUT2D eigenvalue weighted by molar-refractivity contribution is 5.14. The van der Waals surface area contributed by atoms with E-state index in [1.807, 2.05) is 12.2 Å². The molecule has 72 valence electrons. The van der Waals surface area contributed by atoms with E-state index in [9.17, 15) is 0 Å². The van der Waals surface area contributed by atoms with Gasteiger partial charge >= 0.3 is 0 Å². The van der Waals surface area contributed by atoms with Crippen LogP contribution >= 0.6 is 0 Å². The topological polar surface area (TPSA) is 21.3 Å². The largest absolute Gasteiger partial charge is 0.301 e. The maximum atomic E-state index is 5.07. The van der Waals surface area contributed by atoms with Crippen molar-refractivity contribution in [3.63, 3.8) is 0 Å². The van der Waals surface area contributed by atoms with Crippen LogP contribution in [0, 0.1) is 0 Å². The van der Waals surface area contributed by atoms with Gasteiger partial charge in [-0.25, -0.2) is 0 Å². The van der Waals surface area contributed by atoms with Crippen LogP contribution in [0.25, 0.3) is 0 Å². The fourth-order valence-electron chi connectivity index (χ4n) is 1.34. The third kappa shape index (κ3) is 4.06. The summed E-state index contributed by atoms with van der Waals surface area (Å²) in [5.41, 5.74) is 4.35. The Morgan fingerprint density at radius 1 is 1.62 bits per heavy atom. The van der Waals surface area contributed by atoms with Gasteiger partial charge in [0, 0.05) is 6.04 Å². The zero-order chi connectivity index (χ0) is 9.52. The number of rotatable bonds is 4. The summed E-state index contributed by atoms with van der Waals surface area (Å²) in [5.74, 6) is 0. The lowest BCUT2D eigenvalue weighted by atomic mass is 10.1. The minimum absolute atomic E-state index is 0.494. The summed E-state index contributed by atoms with van der Waals surface area (Å²) in [6.45, 7) is 6.58. The normalized spacial score (nSPS) is 24.1. The Bertz CT molecular complexity index is 212. The predicted octanol–water partition coefficient (Wildman–Crippen LogP) is 2.36. The number of hydroxylamine groups is 1. The lowest BCUT2D eigenvalue weighted by Crippen LogP contribution is -2.19. The lowest BCUT2D eigenvalue weighted by Gasteiger charge is -2.07. The van der Waals surface area contributed by atoms with Crippen LogP contribution in [0.2, 0.25) is 0 Å². The molecule has 1 fully saturated rings. The van der Waals surface area contributed by atoms with Gasteiger partial charge in [-0.05, 0) is 19.8 Å². The number of allylic oxidation sites excluding steroid dienone is 4. The van der Waals surface area contributed by atoms with Crippen LogP contribution in [0.15, 0.2) is 36.5 Å². The van der Waals surface area contributed by atoms with Gasteiger partial charge < -0.3 is 4.84 Å². The van der Waals surface area contributed by atoms with Crippen molar-refractivity contribution >= 4 is 0 Å². The zero-order valence-electron chi connectivity index (χ0n) is 8.12. The summed E-state index contributed by atoms with van der Waals surface area (Å²) in [4.78, 5) is 5.07. The highest BCUT2D eigenvalue weighted by Gasteiger charge is 2.14. The highest BCUT2D eigenvalue weighted by atomic mass is 16.7. The van der Waals surface area contributed by atoms with E-state index in [1.54, 1.807) is 6.08 Å². The monoisotopic (exact) mass is 179 g/mol. The third-order valence-electron chi connectivity index (χ3n) is 2.01. The Hall–Kier alpha value is -0.860. The Morgan fingerprint density at radius 3 is 3.08 bits per heavy atom. The van der Waals surface area contributed by atoms with Gasteiger partial charge in [-0.1, -0.05) is 36.5 Å². The van der Waals surface area contributed by atoms with E-state index in [-0.39, 0.29) is 0 Å². The summed E-state index contributed by atoms with van der Waals surface area (Å²) in [6, 6.07) is 0.494. The van der Waals surface area contributed by atoms with Crippen LogP contribution < -0.4 is 5.48 Å². The maximum absolute atomic E-state index is 5.07. The molecule has 1 aliphatic heterocycles. The quantitative estimate of drug-likeness (QED) is 0.669. The molecule has 0 aromatic carbocycles. The Labute approximate surface area is 79.9 Å². The molecule has 1 atom stereocenters. The second kappa shape index (κ2) is 5.73. The lowest BCUT2D eigenvalue weighted by molar-refractivity contribution is 0.0883. The van der Waals surface area contributed by atoms with E-state index in [4.69, 9.17) is 4.84 Å². The molecule has 0 radical (unpaired) electrons. The van der Waals surface area contributed by atoms with Gasteiger partial charge in [-0.15, -0.1) is 0 Å². The number of hydrogen-bond acceptors (Lipinski definition) is 2. The van der Waals surface area contributed by atoms with E-state index >= 15 is 0 Å². The Kier molecular flexibility index (Phi) is 4.50. The predicted molar refractivity (Wildman–Crippen MR) is 55.2 cm³/mol. The maximum Gasteiger partial charge on any atom is 0.0698 e. The second-order valence-corrected chi connectivity index (χ2v) is 3.29. The zero-order valence-corrected chi connectivity index (χ0v) is 8.12. The van der Waals surface area contributed by atoms with Crippen molar-refractivity contribution in [1.82, 2.24) is 5.48 Å². The second-order valence-electron chi connectivity index (χ2n) is 3.29. The summed E-state index contributed by atoms with van der Waals surface area (Å²) in [7, 11) is 0. The van der Waals surface area contributed by atoms with Crippen LogP contribution in [0.1, 0.15) is 19.8 Å². The molecule has 0 aliphatic carbocycles. The minimum Gasteiger partial charge on any atom is -0.301 e. The van der Waals surface area contributed by atoms with E-state index < -0.39 is 0 Å². The third-order valence-corrected chi connectivity index (χ3v) is 2.01. The first-order chi connectivity index (χ1) is 6.33. The smallest absolute Gasteiger partial charge is 0.0698 e. The molecule has 1 saturated heterocycles. The molecule has 1 N–H and O–H groups in total. The summed E-state index contributed by atoms with van der Waals surface area (Å²) < 4.78 is 0. The van der Waals surface area contributed by atoms with Crippen molar-refractivity contribution in [2.75, 3.05) is 6.61 Å². The van der Waals surface area contributed by atoms with Gasteiger partial charge in [-0.2, -0.15) is 5.48 Å². The molecule has 2 nitrogen and oxygen atoms in total. The first-order valence-electron chi connectivity index (χ1n) is 4.65. The van der Waals surface area contributed by atoms with Crippen molar-refractivity contribution in [1.29, 1.82) is 0 Å². The van der Waals surface area contributed by atoms with Crippen LogP contribution in [-0.2, 0) is 4.84 Å². The molecule has 1 rings (SSSR count). The SMILES string of the molecule is C=C/C=C\C=C(/C)C[C@H]1CCON1. The number of hydrogen-bond donors (Lipinski definition) is 1. The van der Waals surface area contributed by atoms with Gasteiger partial charge in [0.05, 0.1) is 6.61 Å². The molecule has 1 aliphatic rings. The molecule has 0 amide bonds. The molecule has 0 aromatic heterocycles. The standard InChI is InChI=1S/C11H17NO/c1-3-4-5-6-10(2)9-11-7-8-13-12-11/h3-6,11-12H,1,7-9H2,2H3/b5-4-,10-6+/t11-/m1/s1. The van der Waals surface area contributed by atoms with Gasteiger partial charge in [0.2, 0.25) is 0 Å². The fraction of sp³-hybridized carbons (Fsp3) is 0.455. The molecule has 2 heteroatoms. The van der Waals surface area contributed by atoms with Gasteiger partial charge in [0.15, 0.2) is 0 Å². The molecule has 13 heavy (non-hydrogen) atoms. The minimum atomic E-state index is 0.494. The van der Waals surface area contributed by atoms with E-state index in [0.717, 1.165) is 19.4 Å². The van der Waals surface area contributed by atoms with Gasteiger partial charge in [-0.3, -0.25) is 0 Å². The van der Waals surface area contributed by atoms with Crippen molar-refractivity contribution in [2.45, 2.75) is 25.8 Å². The molecule has 0 saturated carbocycles. The molecular formula is C11H17NO. The van der Waals surface area contributed by atoms with Gasteiger partial charge in [0.1, 0.15) is 0 Å². The first kappa shape index (κ1) is 10.2. The first-order valence-corrected chi connectivity index (χ1v) is 4.65. The van der Waals surface area contributed by atoms with Crippen LogP contribution in [0.4, 0.5) is 0 Å². The van der Waals surface area contributed by atoms with E-state index in [0.29, 0.717) is 6.04 Å². The Morgan fingerprint density at radius 2 is 2.46 bits per heavy atom. The molecule has 0 aromatic rings. The van der Waals surface area contributed by atoms with Crippen molar-refractivity contribution in [3.05, 3.63) is 36.5 Å². The van der Waals surface area contributed by atoms with Crippen molar-refractivity contribution < 1.29 is 4.84 Å². The summed E-state index contributed by atoms with van der Waals surface area (Å²) in [6.07, 6.45) is 10.0. The van der Waals surface area contributed by atoms with Crippen molar-refractivity contribution in [3.8, 4) is 0 Å². The van der Waals surface area contributed by atoms with Crippen LogP contribution in [0.5, 0.6) is 0 Å². The fourth-order valence-corrected chi connectivity index (χ4v) is 1.34. The highest BCUT2D eigenvalue weighted by Crippen LogP contribution is 2.11. The van der Waals surface area contributed by atoms with Gasteiger partial charge in [0.25, 0.3) is 0 Å². The molecular weight excluding hydrogens is 162 g/mol. The van der Waals surface area contributed by atoms with Crippen LogP contribution in [0.3, 0.4) is 0 Å². The molecule has 1 heterocycles. The molecule has 0 spiro atoms. The molecule has 0 unspecified atom stereocenters. The Balaban J connectivity index is 2.29. The average Bonchev–Trinajstić information content (AvgIpc) is 2.57. The van der Waals surface area contributed by atoms with Crippen LogP contribution in [-0.4, -0.2) is 12.6 Å².